The average molecular weight is 369 g/mol. The van der Waals surface area contributed by atoms with E-state index >= 15 is 0 Å². The monoisotopic (exact) mass is 368 g/mol. The molecule has 0 bridgehead atoms. The van der Waals surface area contributed by atoms with Crippen LogP contribution < -0.4 is 11.1 Å². The van der Waals surface area contributed by atoms with E-state index < -0.39 is 6.04 Å². The van der Waals surface area contributed by atoms with Crippen molar-refractivity contribution in [3.8, 4) is 0 Å². The third kappa shape index (κ3) is 4.54. The van der Waals surface area contributed by atoms with Crippen LogP contribution in [-0.2, 0) is 14.9 Å². The SMILES string of the molecule is CC(C)(CNC(=O)C(N)C1CCOCC1)c1ccc(Br)cc1. The largest absolute Gasteiger partial charge is 0.381 e. The van der Waals surface area contributed by atoms with E-state index in [-0.39, 0.29) is 17.2 Å². The molecule has 0 spiro atoms. The molecule has 4 nitrogen and oxygen atoms in total. The third-order valence-electron chi connectivity index (χ3n) is 4.41. The first-order valence-corrected chi connectivity index (χ1v) is 8.56. The molecule has 0 saturated carbocycles. The summed E-state index contributed by atoms with van der Waals surface area (Å²) in [5.41, 5.74) is 7.16. The highest BCUT2D eigenvalue weighted by Crippen LogP contribution is 2.24. The first-order valence-electron chi connectivity index (χ1n) is 7.77. The van der Waals surface area contributed by atoms with Gasteiger partial charge in [0.05, 0.1) is 6.04 Å². The highest BCUT2D eigenvalue weighted by Gasteiger charge is 2.28. The highest BCUT2D eigenvalue weighted by atomic mass is 79.9. The number of hydrogen-bond acceptors (Lipinski definition) is 3. The summed E-state index contributed by atoms with van der Waals surface area (Å²) in [5.74, 6) is 0.168. The minimum absolute atomic E-state index is 0.0583. The highest BCUT2D eigenvalue weighted by molar-refractivity contribution is 9.10. The summed E-state index contributed by atoms with van der Waals surface area (Å²) >= 11 is 3.44. The maximum atomic E-state index is 12.3. The summed E-state index contributed by atoms with van der Waals surface area (Å²) in [7, 11) is 0. The fraction of sp³-hybridized carbons (Fsp3) is 0.588. The van der Waals surface area contributed by atoms with Gasteiger partial charge >= 0.3 is 0 Å². The fourth-order valence-electron chi connectivity index (χ4n) is 2.72. The minimum Gasteiger partial charge on any atom is -0.381 e. The Kier molecular flexibility index (Phi) is 6.01. The number of nitrogens with two attached hydrogens (primary N) is 1. The Hall–Kier alpha value is -0.910. The van der Waals surface area contributed by atoms with Crippen LogP contribution in [-0.4, -0.2) is 31.7 Å². The predicted molar refractivity (Wildman–Crippen MR) is 91.7 cm³/mol. The van der Waals surface area contributed by atoms with Crippen molar-refractivity contribution in [2.75, 3.05) is 19.8 Å². The van der Waals surface area contributed by atoms with Gasteiger partial charge in [-0.25, -0.2) is 0 Å². The van der Waals surface area contributed by atoms with E-state index in [9.17, 15) is 4.79 Å². The molecule has 1 fully saturated rings. The molecule has 0 aliphatic carbocycles. The second kappa shape index (κ2) is 7.57. The lowest BCUT2D eigenvalue weighted by atomic mass is 9.84. The summed E-state index contributed by atoms with van der Waals surface area (Å²) in [6, 6.07) is 7.76. The molecular formula is C17H25BrN2O2. The number of carbonyl (C=O) groups is 1. The van der Waals surface area contributed by atoms with Crippen LogP contribution in [0.3, 0.4) is 0 Å². The number of amides is 1. The molecule has 5 heteroatoms. The van der Waals surface area contributed by atoms with Crippen LogP contribution >= 0.6 is 15.9 Å². The molecule has 1 unspecified atom stereocenters. The Morgan fingerprint density at radius 3 is 2.55 bits per heavy atom. The second-order valence-electron chi connectivity index (χ2n) is 6.58. The average Bonchev–Trinajstić information content (AvgIpc) is 2.53. The van der Waals surface area contributed by atoms with Crippen LogP contribution in [0.15, 0.2) is 28.7 Å². The number of rotatable bonds is 5. The molecule has 1 amide bonds. The van der Waals surface area contributed by atoms with Crippen molar-refractivity contribution in [2.45, 2.75) is 38.1 Å². The summed E-state index contributed by atoms with van der Waals surface area (Å²) in [6.45, 7) is 6.23. The number of nitrogens with one attached hydrogen (secondary N) is 1. The van der Waals surface area contributed by atoms with E-state index in [1.165, 1.54) is 5.56 Å². The van der Waals surface area contributed by atoms with Crippen molar-refractivity contribution >= 4 is 21.8 Å². The van der Waals surface area contributed by atoms with Crippen molar-refractivity contribution in [3.05, 3.63) is 34.3 Å². The number of ether oxygens (including phenoxy) is 1. The van der Waals surface area contributed by atoms with Gasteiger partial charge in [0.2, 0.25) is 5.91 Å². The molecular weight excluding hydrogens is 344 g/mol. The van der Waals surface area contributed by atoms with Gasteiger partial charge < -0.3 is 15.8 Å². The first-order chi connectivity index (χ1) is 10.4. The van der Waals surface area contributed by atoms with Crippen LogP contribution in [0.4, 0.5) is 0 Å². The molecule has 1 saturated heterocycles. The standard InChI is InChI=1S/C17H25BrN2O2/c1-17(2,13-3-5-14(18)6-4-13)11-20-16(21)15(19)12-7-9-22-10-8-12/h3-6,12,15H,7-11,19H2,1-2H3,(H,20,21). The van der Waals surface area contributed by atoms with Crippen molar-refractivity contribution < 1.29 is 9.53 Å². The van der Waals surface area contributed by atoms with Gasteiger partial charge in [-0.15, -0.1) is 0 Å². The molecule has 1 aliphatic heterocycles. The van der Waals surface area contributed by atoms with E-state index in [1.807, 2.05) is 12.1 Å². The van der Waals surface area contributed by atoms with E-state index in [0.717, 1.165) is 17.3 Å². The Balaban J connectivity index is 1.90. The van der Waals surface area contributed by atoms with Crippen LogP contribution in [0.5, 0.6) is 0 Å². The maximum absolute atomic E-state index is 12.3. The van der Waals surface area contributed by atoms with Crippen molar-refractivity contribution in [1.82, 2.24) is 5.32 Å². The van der Waals surface area contributed by atoms with Crippen LogP contribution in [0, 0.1) is 5.92 Å². The van der Waals surface area contributed by atoms with Crippen molar-refractivity contribution in [1.29, 1.82) is 0 Å². The molecule has 1 aromatic rings. The minimum atomic E-state index is -0.440. The number of benzene rings is 1. The second-order valence-corrected chi connectivity index (χ2v) is 7.50. The lowest BCUT2D eigenvalue weighted by Crippen LogP contribution is -2.49. The number of carbonyl (C=O) groups excluding carboxylic acids is 1. The fourth-order valence-corrected chi connectivity index (χ4v) is 2.98. The summed E-state index contributed by atoms with van der Waals surface area (Å²) in [6.07, 6.45) is 1.73. The van der Waals surface area contributed by atoms with Gasteiger partial charge in [0.1, 0.15) is 0 Å². The van der Waals surface area contributed by atoms with Gasteiger partial charge in [0.15, 0.2) is 0 Å². The van der Waals surface area contributed by atoms with Crippen LogP contribution in [0.1, 0.15) is 32.3 Å². The molecule has 3 N–H and O–H groups in total. The van der Waals surface area contributed by atoms with Gasteiger partial charge in [0, 0.05) is 29.6 Å². The molecule has 0 radical (unpaired) electrons. The molecule has 22 heavy (non-hydrogen) atoms. The number of halogens is 1. The van der Waals surface area contributed by atoms with Gasteiger partial charge in [-0.2, -0.15) is 0 Å². The van der Waals surface area contributed by atoms with Crippen molar-refractivity contribution in [3.63, 3.8) is 0 Å². The van der Waals surface area contributed by atoms with Gasteiger partial charge in [-0.05, 0) is 36.5 Å². The summed E-state index contributed by atoms with van der Waals surface area (Å²) in [4.78, 5) is 12.3. The lowest BCUT2D eigenvalue weighted by molar-refractivity contribution is -0.124. The topological polar surface area (TPSA) is 64.4 Å². The molecule has 122 valence electrons. The van der Waals surface area contributed by atoms with E-state index in [1.54, 1.807) is 0 Å². The zero-order chi connectivity index (χ0) is 16.2. The Morgan fingerprint density at radius 1 is 1.36 bits per heavy atom. The third-order valence-corrected chi connectivity index (χ3v) is 4.94. The molecule has 2 rings (SSSR count). The van der Waals surface area contributed by atoms with Crippen molar-refractivity contribution in [2.24, 2.45) is 11.7 Å². The van der Waals surface area contributed by atoms with E-state index in [0.29, 0.717) is 19.8 Å². The van der Waals surface area contributed by atoms with Gasteiger partial charge in [-0.3, -0.25) is 4.79 Å². The number of hydrogen-bond donors (Lipinski definition) is 2. The molecule has 0 aromatic heterocycles. The lowest BCUT2D eigenvalue weighted by Gasteiger charge is -2.29. The zero-order valence-corrected chi connectivity index (χ0v) is 14.9. The van der Waals surface area contributed by atoms with Gasteiger partial charge in [0.25, 0.3) is 0 Å². The van der Waals surface area contributed by atoms with Crippen LogP contribution in [0.2, 0.25) is 0 Å². The Morgan fingerprint density at radius 2 is 1.95 bits per heavy atom. The quantitative estimate of drug-likeness (QED) is 0.839. The molecule has 1 atom stereocenters. The Bertz CT molecular complexity index is 496. The predicted octanol–water partition coefficient (Wildman–Crippen LogP) is 2.60. The molecule has 1 heterocycles. The Labute approximate surface area is 140 Å². The summed E-state index contributed by atoms with van der Waals surface area (Å²) < 4.78 is 6.37. The van der Waals surface area contributed by atoms with E-state index in [4.69, 9.17) is 10.5 Å². The summed E-state index contributed by atoms with van der Waals surface area (Å²) in [5, 5.41) is 3.02. The maximum Gasteiger partial charge on any atom is 0.237 e. The first kappa shape index (κ1) is 17.4. The zero-order valence-electron chi connectivity index (χ0n) is 13.3. The smallest absolute Gasteiger partial charge is 0.237 e. The molecule has 1 aliphatic rings. The van der Waals surface area contributed by atoms with Crippen LogP contribution in [0.25, 0.3) is 0 Å². The molecule has 1 aromatic carbocycles. The van der Waals surface area contributed by atoms with E-state index in [2.05, 4.69) is 47.2 Å². The van der Waals surface area contributed by atoms with Gasteiger partial charge in [-0.1, -0.05) is 41.9 Å². The normalized spacial score (nSPS) is 18.0.